The molecule has 2 aliphatic rings. The molecule has 1 aliphatic heterocycles. The van der Waals surface area contributed by atoms with Crippen LogP contribution in [0.15, 0.2) is 0 Å². The quantitative estimate of drug-likeness (QED) is 0.840. The summed E-state index contributed by atoms with van der Waals surface area (Å²) in [6.07, 6.45) is 6.55. The molecule has 1 nitrogen and oxygen atoms in total. The fourth-order valence-corrected chi connectivity index (χ4v) is 6.00. The molecule has 0 bridgehead atoms. The molecule has 1 heterocycles. The summed E-state index contributed by atoms with van der Waals surface area (Å²) in [5, 5.41) is 11.1. The van der Waals surface area contributed by atoms with E-state index >= 15 is 0 Å². The predicted octanol–water partition coefficient (Wildman–Crippen LogP) is 3.41. The Labute approximate surface area is 108 Å². The van der Waals surface area contributed by atoms with Gasteiger partial charge in [0.05, 0.1) is 6.10 Å². The second kappa shape index (κ2) is 6.55. The lowest BCUT2D eigenvalue weighted by Gasteiger charge is -2.38. The van der Waals surface area contributed by atoms with E-state index in [4.69, 9.17) is 0 Å². The van der Waals surface area contributed by atoms with E-state index in [1.807, 2.05) is 23.5 Å². The molecule has 0 aromatic heterocycles. The predicted molar refractivity (Wildman–Crippen MR) is 75.3 cm³/mol. The first-order chi connectivity index (χ1) is 7.83. The first kappa shape index (κ1) is 13.1. The largest absolute Gasteiger partial charge is 0.392 e. The summed E-state index contributed by atoms with van der Waals surface area (Å²) >= 11 is 4.03. The molecule has 0 aromatic carbocycles. The van der Waals surface area contributed by atoms with Crippen molar-refractivity contribution in [1.29, 1.82) is 0 Å². The highest BCUT2D eigenvalue weighted by Crippen LogP contribution is 2.39. The first-order valence-corrected chi connectivity index (χ1v) is 8.90. The molecule has 0 amide bonds. The van der Waals surface area contributed by atoms with Crippen LogP contribution in [0.4, 0.5) is 0 Å². The lowest BCUT2D eigenvalue weighted by molar-refractivity contribution is 0.0482. The fraction of sp³-hybridized carbons (Fsp3) is 1.00. The van der Waals surface area contributed by atoms with E-state index in [1.165, 1.54) is 49.4 Å². The third-order valence-corrected chi connectivity index (χ3v) is 7.02. The minimum atomic E-state index is -0.0388. The number of aliphatic hydroxyl groups is 1. The van der Waals surface area contributed by atoms with E-state index < -0.39 is 0 Å². The van der Waals surface area contributed by atoms with Gasteiger partial charge in [-0.25, -0.2) is 0 Å². The van der Waals surface area contributed by atoms with Crippen LogP contribution < -0.4 is 0 Å². The van der Waals surface area contributed by atoms with Crippen molar-refractivity contribution in [1.82, 2.24) is 0 Å². The zero-order valence-electron chi connectivity index (χ0n) is 10.2. The number of rotatable bonds is 3. The molecule has 4 unspecified atom stereocenters. The minimum absolute atomic E-state index is 0.0388. The molecular weight excluding hydrogens is 236 g/mol. The molecule has 2 rings (SSSR count). The molecule has 0 spiro atoms. The van der Waals surface area contributed by atoms with E-state index in [-0.39, 0.29) is 6.10 Å². The standard InChI is InChI=1S/C13H24OS2/c1-2-10-5-3-4-6-11(10)13(14)12-9-15-7-8-16-12/h10-14H,2-9H2,1H3. The normalized spacial score (nSPS) is 38.2. The highest BCUT2D eigenvalue weighted by atomic mass is 32.2. The minimum Gasteiger partial charge on any atom is -0.392 e. The second-order valence-corrected chi connectivity index (χ2v) is 7.59. The van der Waals surface area contributed by atoms with Crippen LogP contribution in [-0.4, -0.2) is 33.7 Å². The molecule has 1 saturated carbocycles. The SMILES string of the molecule is CCC1CCCCC1C(O)C1CSCCS1. The summed E-state index contributed by atoms with van der Waals surface area (Å²) < 4.78 is 0. The van der Waals surface area contributed by atoms with Crippen LogP contribution in [0.3, 0.4) is 0 Å². The van der Waals surface area contributed by atoms with Gasteiger partial charge in [-0.3, -0.25) is 0 Å². The highest BCUT2D eigenvalue weighted by Gasteiger charge is 2.35. The van der Waals surface area contributed by atoms with Crippen LogP contribution in [0.25, 0.3) is 0 Å². The topological polar surface area (TPSA) is 20.2 Å². The molecule has 2 fully saturated rings. The van der Waals surface area contributed by atoms with Gasteiger partial charge in [-0.2, -0.15) is 23.5 Å². The zero-order chi connectivity index (χ0) is 11.4. The summed E-state index contributed by atoms with van der Waals surface area (Å²) in [5.41, 5.74) is 0. The smallest absolute Gasteiger partial charge is 0.0697 e. The molecule has 0 aromatic rings. The summed E-state index contributed by atoms with van der Waals surface area (Å²) in [7, 11) is 0. The average Bonchev–Trinajstić information content (AvgIpc) is 2.39. The van der Waals surface area contributed by atoms with Crippen LogP contribution in [0.2, 0.25) is 0 Å². The van der Waals surface area contributed by atoms with Gasteiger partial charge in [0, 0.05) is 22.5 Å². The van der Waals surface area contributed by atoms with Crippen molar-refractivity contribution in [3.8, 4) is 0 Å². The molecule has 1 aliphatic carbocycles. The summed E-state index contributed by atoms with van der Waals surface area (Å²) in [4.78, 5) is 0. The molecule has 1 N–H and O–H groups in total. The van der Waals surface area contributed by atoms with Gasteiger partial charge in [0.1, 0.15) is 0 Å². The summed E-state index contributed by atoms with van der Waals surface area (Å²) in [6.45, 7) is 2.29. The molecule has 1 saturated heterocycles. The van der Waals surface area contributed by atoms with Gasteiger partial charge >= 0.3 is 0 Å². The van der Waals surface area contributed by atoms with Crippen LogP contribution in [0, 0.1) is 11.8 Å². The van der Waals surface area contributed by atoms with Gasteiger partial charge in [-0.15, -0.1) is 0 Å². The molecule has 94 valence electrons. The summed E-state index contributed by atoms with van der Waals surface area (Å²) in [5.74, 6) is 5.05. The van der Waals surface area contributed by atoms with Gasteiger partial charge in [0.15, 0.2) is 0 Å². The van der Waals surface area contributed by atoms with Gasteiger partial charge < -0.3 is 5.11 Å². The van der Waals surface area contributed by atoms with E-state index in [0.29, 0.717) is 11.2 Å². The van der Waals surface area contributed by atoms with Crippen molar-refractivity contribution < 1.29 is 5.11 Å². The van der Waals surface area contributed by atoms with Crippen molar-refractivity contribution in [2.24, 2.45) is 11.8 Å². The van der Waals surface area contributed by atoms with E-state index in [2.05, 4.69) is 6.92 Å². The molecule has 3 heteroatoms. The molecule has 4 atom stereocenters. The maximum atomic E-state index is 10.6. The van der Waals surface area contributed by atoms with E-state index in [0.717, 1.165) is 5.92 Å². The van der Waals surface area contributed by atoms with Crippen molar-refractivity contribution >= 4 is 23.5 Å². The average molecular weight is 260 g/mol. The Morgan fingerprint density at radius 1 is 1.25 bits per heavy atom. The van der Waals surface area contributed by atoms with Crippen LogP contribution >= 0.6 is 23.5 Å². The Kier molecular flexibility index (Phi) is 5.37. The Morgan fingerprint density at radius 2 is 2.06 bits per heavy atom. The number of hydrogen-bond donors (Lipinski definition) is 1. The number of hydrogen-bond acceptors (Lipinski definition) is 3. The molecular formula is C13H24OS2. The lowest BCUT2D eigenvalue weighted by atomic mass is 9.74. The molecule has 16 heavy (non-hydrogen) atoms. The van der Waals surface area contributed by atoms with Gasteiger partial charge in [0.25, 0.3) is 0 Å². The van der Waals surface area contributed by atoms with E-state index in [9.17, 15) is 5.11 Å². The summed E-state index contributed by atoms with van der Waals surface area (Å²) in [6, 6.07) is 0. The van der Waals surface area contributed by atoms with Gasteiger partial charge in [0.2, 0.25) is 0 Å². The second-order valence-electron chi connectivity index (χ2n) is 5.09. The van der Waals surface area contributed by atoms with E-state index in [1.54, 1.807) is 0 Å². The maximum Gasteiger partial charge on any atom is 0.0697 e. The fourth-order valence-electron chi connectivity index (χ4n) is 3.17. The Hall–Kier alpha value is 0.660. The van der Waals surface area contributed by atoms with Crippen molar-refractivity contribution in [3.05, 3.63) is 0 Å². The van der Waals surface area contributed by atoms with Crippen LogP contribution in [-0.2, 0) is 0 Å². The third-order valence-electron chi connectivity index (χ3n) is 4.15. The lowest BCUT2D eigenvalue weighted by Crippen LogP contribution is -2.40. The van der Waals surface area contributed by atoms with Gasteiger partial charge in [-0.05, 0) is 18.3 Å². The first-order valence-electron chi connectivity index (χ1n) is 6.70. The zero-order valence-corrected chi connectivity index (χ0v) is 11.9. The highest BCUT2D eigenvalue weighted by molar-refractivity contribution is 8.06. The third kappa shape index (κ3) is 3.11. The Morgan fingerprint density at radius 3 is 2.75 bits per heavy atom. The van der Waals surface area contributed by atoms with Crippen molar-refractivity contribution in [2.75, 3.05) is 17.3 Å². The number of aliphatic hydroxyl groups excluding tert-OH is 1. The molecule has 0 radical (unpaired) electrons. The monoisotopic (exact) mass is 260 g/mol. The van der Waals surface area contributed by atoms with Crippen molar-refractivity contribution in [2.45, 2.75) is 50.4 Å². The number of thioether (sulfide) groups is 2. The van der Waals surface area contributed by atoms with Crippen LogP contribution in [0.5, 0.6) is 0 Å². The Bertz CT molecular complexity index is 204. The van der Waals surface area contributed by atoms with Gasteiger partial charge in [-0.1, -0.05) is 32.6 Å². The van der Waals surface area contributed by atoms with Crippen LogP contribution in [0.1, 0.15) is 39.0 Å². The Balaban J connectivity index is 1.92. The van der Waals surface area contributed by atoms with Crippen molar-refractivity contribution in [3.63, 3.8) is 0 Å². The maximum absolute atomic E-state index is 10.6.